The molecule has 0 radical (unpaired) electrons. The second-order valence-electron chi connectivity index (χ2n) is 0.267. The van der Waals surface area contributed by atoms with Crippen LogP contribution in [-0.4, -0.2) is 28.4 Å². The topological polar surface area (TPSA) is 0 Å². The van der Waals surface area contributed by atoms with E-state index in [1.54, 1.807) is 0 Å². The minimum Gasteiger partial charge on any atom is -1.00 e. The average Bonchev–Trinajstić information content (AvgIpc) is 0.918. The van der Waals surface area contributed by atoms with Crippen LogP contribution in [0.2, 0.25) is 0 Å². The molecule has 0 rings (SSSR count). The number of halogens is 3. The van der Waals surface area contributed by atoms with Crippen molar-refractivity contribution in [3.05, 3.63) is 0 Å². The Kier molecular flexibility index (Phi) is 120. The quantitative estimate of drug-likeness (QED) is 0.274. The predicted octanol–water partition coefficient (Wildman–Crippen LogP) is -4.97. The summed E-state index contributed by atoms with van der Waals surface area (Å²) in [7, 11) is 0. The van der Waals surface area contributed by atoms with Gasteiger partial charge in [-0.05, 0) is 0 Å². The van der Waals surface area contributed by atoms with Crippen molar-refractivity contribution in [3.8, 4) is 0 Å². The van der Waals surface area contributed by atoms with Gasteiger partial charge in [0.15, 0.2) is 0 Å². The van der Waals surface area contributed by atoms with Gasteiger partial charge in [-0.1, -0.05) is 22.9 Å². The Hall–Kier alpha value is 1.83. The third-order valence-electron chi connectivity index (χ3n) is 0. The number of alkyl halides is 1. The zero-order chi connectivity index (χ0) is 2.71. The first-order valence-electron chi connectivity index (χ1n) is 0.974. The van der Waals surface area contributed by atoms with Gasteiger partial charge < -0.3 is 24.8 Å². The molecule has 0 aromatic heterocycles. The van der Waals surface area contributed by atoms with Crippen LogP contribution in [0.1, 0.15) is 6.92 Å². The van der Waals surface area contributed by atoms with E-state index >= 15 is 0 Å². The minimum atomic E-state index is 0. The molecule has 0 bridgehead atoms. The fourth-order valence-electron chi connectivity index (χ4n) is 0. The Morgan fingerprint density at radius 3 is 1.33 bits per heavy atom. The van der Waals surface area contributed by atoms with Crippen LogP contribution < -0.4 is 24.8 Å². The molecule has 0 aliphatic rings. The van der Waals surface area contributed by atoms with Gasteiger partial charge >= 0.3 is 23.1 Å². The largest absolute Gasteiger partial charge is 2.00 e. The molecule has 0 spiro atoms. The molecule has 6 heavy (non-hydrogen) atoms. The molecule has 0 nitrogen and oxygen atoms in total. The van der Waals surface area contributed by atoms with E-state index in [0.717, 1.165) is 5.33 Å². The third kappa shape index (κ3) is 40.7. The van der Waals surface area contributed by atoms with Crippen LogP contribution in [0.15, 0.2) is 0 Å². The van der Waals surface area contributed by atoms with Crippen molar-refractivity contribution in [2.75, 3.05) is 5.33 Å². The van der Waals surface area contributed by atoms with Gasteiger partial charge in [-0.2, -0.15) is 0 Å². The molecule has 0 amide bonds. The SMILES string of the molecule is CCBr.[Cl-].[Cl-].[Mg+2]. The van der Waals surface area contributed by atoms with Crippen LogP contribution in [0.5, 0.6) is 0 Å². The van der Waals surface area contributed by atoms with Crippen molar-refractivity contribution in [2.45, 2.75) is 6.92 Å². The predicted molar refractivity (Wildman–Crippen MR) is 25.2 cm³/mol. The maximum absolute atomic E-state index is 3.15. The zero-order valence-electron chi connectivity index (χ0n) is 3.55. The van der Waals surface area contributed by atoms with Gasteiger partial charge in [-0.3, -0.25) is 0 Å². The van der Waals surface area contributed by atoms with Crippen molar-refractivity contribution in [3.63, 3.8) is 0 Å². The standard InChI is InChI=1S/C2H5Br.2ClH.Mg/c1-2-3;;;/h2H2,1H3;2*1H;/q;;;+2/p-2. The van der Waals surface area contributed by atoms with E-state index in [4.69, 9.17) is 0 Å². The molecular weight excluding hydrogens is 199 g/mol. The van der Waals surface area contributed by atoms with Crippen molar-refractivity contribution >= 4 is 39.0 Å². The fraction of sp³-hybridized carbons (Fsp3) is 1.00. The Labute approximate surface area is 75.5 Å². The van der Waals surface area contributed by atoms with Crippen molar-refractivity contribution in [2.24, 2.45) is 0 Å². The molecule has 0 aromatic rings. The molecule has 0 atom stereocenters. The van der Waals surface area contributed by atoms with E-state index in [2.05, 4.69) is 15.9 Å². The van der Waals surface area contributed by atoms with Gasteiger partial charge in [0.1, 0.15) is 0 Å². The summed E-state index contributed by atoms with van der Waals surface area (Å²) >= 11 is 3.15. The van der Waals surface area contributed by atoms with Crippen LogP contribution >= 0.6 is 15.9 Å². The van der Waals surface area contributed by atoms with E-state index in [1.165, 1.54) is 0 Å². The summed E-state index contributed by atoms with van der Waals surface area (Å²) in [5.41, 5.74) is 0. The Balaban J connectivity index is -0.00000000667. The first-order valence-corrected chi connectivity index (χ1v) is 2.10. The number of hydrogen-bond donors (Lipinski definition) is 0. The molecule has 0 unspecified atom stereocenters. The molecule has 4 heteroatoms. The molecule has 0 heterocycles. The summed E-state index contributed by atoms with van der Waals surface area (Å²) in [4.78, 5) is 0. The molecule has 0 aromatic carbocycles. The van der Waals surface area contributed by atoms with E-state index in [0.29, 0.717) is 0 Å². The van der Waals surface area contributed by atoms with Gasteiger partial charge in [-0.25, -0.2) is 0 Å². The van der Waals surface area contributed by atoms with E-state index in [9.17, 15) is 0 Å². The van der Waals surface area contributed by atoms with Crippen molar-refractivity contribution in [1.82, 2.24) is 0 Å². The Morgan fingerprint density at radius 1 is 1.33 bits per heavy atom. The van der Waals surface area contributed by atoms with Gasteiger partial charge in [0.05, 0.1) is 0 Å². The summed E-state index contributed by atoms with van der Waals surface area (Å²) in [5, 5.41) is 1.06. The van der Waals surface area contributed by atoms with Crippen LogP contribution in [0.3, 0.4) is 0 Å². The number of hydrogen-bond acceptors (Lipinski definition) is 0. The van der Waals surface area contributed by atoms with E-state index in [1.807, 2.05) is 6.92 Å². The fourth-order valence-corrected chi connectivity index (χ4v) is 0. The Bertz CT molecular complexity index is 11.5. The zero-order valence-corrected chi connectivity index (χ0v) is 8.06. The molecule has 0 aliphatic heterocycles. The van der Waals surface area contributed by atoms with E-state index in [-0.39, 0.29) is 47.9 Å². The third-order valence-corrected chi connectivity index (χ3v) is 0. The van der Waals surface area contributed by atoms with Gasteiger partial charge in [0.2, 0.25) is 0 Å². The summed E-state index contributed by atoms with van der Waals surface area (Å²) in [5.74, 6) is 0. The second kappa shape index (κ2) is 29.0. The molecule has 0 saturated heterocycles. The van der Waals surface area contributed by atoms with Crippen LogP contribution in [0.4, 0.5) is 0 Å². The summed E-state index contributed by atoms with van der Waals surface area (Å²) < 4.78 is 0. The molecular formula is C2H5BrCl2Mg. The summed E-state index contributed by atoms with van der Waals surface area (Å²) in [6, 6.07) is 0. The first kappa shape index (κ1) is 24.9. The summed E-state index contributed by atoms with van der Waals surface area (Å²) in [6.45, 7) is 2.04. The first-order chi connectivity index (χ1) is 1.41. The average molecular weight is 204 g/mol. The van der Waals surface area contributed by atoms with Crippen LogP contribution in [0.25, 0.3) is 0 Å². The molecule has 0 fully saturated rings. The molecule has 0 aliphatic carbocycles. The van der Waals surface area contributed by atoms with E-state index < -0.39 is 0 Å². The van der Waals surface area contributed by atoms with Crippen LogP contribution in [-0.2, 0) is 0 Å². The molecule has 0 saturated carbocycles. The second-order valence-corrected chi connectivity index (χ2v) is 1.39. The van der Waals surface area contributed by atoms with Crippen molar-refractivity contribution < 1.29 is 24.8 Å². The number of rotatable bonds is 0. The van der Waals surface area contributed by atoms with Crippen molar-refractivity contribution in [1.29, 1.82) is 0 Å². The molecule has 0 N–H and O–H groups in total. The van der Waals surface area contributed by atoms with Gasteiger partial charge in [0, 0.05) is 5.33 Å². The minimum absolute atomic E-state index is 0. The normalized spacial score (nSPS) is 3.00. The smallest absolute Gasteiger partial charge is 1.00 e. The van der Waals surface area contributed by atoms with Crippen LogP contribution in [0, 0.1) is 0 Å². The Morgan fingerprint density at radius 2 is 1.33 bits per heavy atom. The molecule has 36 valence electrons. The maximum Gasteiger partial charge on any atom is 2.00 e. The maximum atomic E-state index is 3.15. The monoisotopic (exact) mass is 202 g/mol. The van der Waals surface area contributed by atoms with Gasteiger partial charge in [-0.15, -0.1) is 0 Å². The summed E-state index contributed by atoms with van der Waals surface area (Å²) in [6.07, 6.45) is 0. The van der Waals surface area contributed by atoms with Gasteiger partial charge in [0.25, 0.3) is 0 Å².